The molecule has 2 amide bonds. The number of carbonyl (C=O) groups is 4. The Bertz CT molecular complexity index is 841. The number of aryl methyl sites for hydroxylation is 2. The summed E-state index contributed by atoms with van der Waals surface area (Å²) in [7, 11) is 0. The maximum absolute atomic E-state index is 12.0. The van der Waals surface area contributed by atoms with Crippen molar-refractivity contribution in [2.45, 2.75) is 64.2 Å². The summed E-state index contributed by atoms with van der Waals surface area (Å²) in [5.74, 6) is -1.41. The van der Waals surface area contributed by atoms with Gasteiger partial charge in [0.25, 0.3) is 11.8 Å². The van der Waals surface area contributed by atoms with Crippen molar-refractivity contribution < 1.29 is 24.0 Å². The lowest BCUT2D eigenvalue weighted by Crippen LogP contribution is -2.38. The molecule has 0 atom stereocenters. The second-order valence-electron chi connectivity index (χ2n) is 7.98. The standard InChI is InChI=1S/C23H33N5O5/c24-23(25)27-16-26-14-13-19(29)9-4-8-18-7-3-6-17(15-18)5-1-2-10-22(32)33-28-20(30)11-12-21(28)31/h3,6-7,15,26H,1-2,4-5,8-14,16H2,(H4,24,25,27). The number of benzene rings is 1. The van der Waals surface area contributed by atoms with Crippen LogP contribution < -0.4 is 16.4 Å². The summed E-state index contributed by atoms with van der Waals surface area (Å²) in [5.41, 5.74) is 7.51. The van der Waals surface area contributed by atoms with E-state index in [9.17, 15) is 19.2 Å². The number of nitrogens with one attached hydrogen (secondary N) is 3. The van der Waals surface area contributed by atoms with Crippen LogP contribution in [0, 0.1) is 5.41 Å². The van der Waals surface area contributed by atoms with Gasteiger partial charge in [0.15, 0.2) is 5.96 Å². The van der Waals surface area contributed by atoms with Gasteiger partial charge in [-0.3, -0.25) is 25.1 Å². The van der Waals surface area contributed by atoms with Crippen molar-refractivity contribution in [3.05, 3.63) is 35.4 Å². The van der Waals surface area contributed by atoms with Gasteiger partial charge in [0, 0.05) is 38.6 Å². The first-order valence-electron chi connectivity index (χ1n) is 11.3. The molecule has 2 rings (SSSR count). The predicted molar refractivity (Wildman–Crippen MR) is 122 cm³/mol. The summed E-state index contributed by atoms with van der Waals surface area (Å²) >= 11 is 0. The van der Waals surface area contributed by atoms with Crippen molar-refractivity contribution in [2.24, 2.45) is 5.73 Å². The molecule has 0 unspecified atom stereocenters. The van der Waals surface area contributed by atoms with E-state index in [2.05, 4.69) is 16.7 Å². The zero-order valence-corrected chi connectivity index (χ0v) is 18.9. The van der Waals surface area contributed by atoms with Crippen LogP contribution in [0.15, 0.2) is 24.3 Å². The van der Waals surface area contributed by atoms with E-state index < -0.39 is 17.8 Å². The van der Waals surface area contributed by atoms with Gasteiger partial charge in [-0.1, -0.05) is 24.3 Å². The highest BCUT2D eigenvalue weighted by molar-refractivity contribution is 6.01. The topological polar surface area (TPSA) is 155 Å². The monoisotopic (exact) mass is 459 g/mol. The molecule has 33 heavy (non-hydrogen) atoms. The molecule has 1 saturated heterocycles. The van der Waals surface area contributed by atoms with Crippen molar-refractivity contribution in [2.75, 3.05) is 13.2 Å². The van der Waals surface area contributed by atoms with Crippen LogP contribution in [0.2, 0.25) is 0 Å². The number of hydroxylamine groups is 2. The Hall–Kier alpha value is -3.27. The van der Waals surface area contributed by atoms with E-state index in [-0.39, 0.29) is 31.0 Å². The quantitative estimate of drug-likeness (QED) is 0.101. The van der Waals surface area contributed by atoms with Crippen molar-refractivity contribution >= 4 is 29.5 Å². The Labute approximate surface area is 193 Å². The van der Waals surface area contributed by atoms with E-state index in [0.29, 0.717) is 37.5 Å². The van der Waals surface area contributed by atoms with E-state index in [1.165, 1.54) is 11.1 Å². The van der Waals surface area contributed by atoms with Crippen molar-refractivity contribution in [3.63, 3.8) is 0 Å². The number of nitrogens with zero attached hydrogens (tertiary/aromatic N) is 1. The highest BCUT2D eigenvalue weighted by Gasteiger charge is 2.32. The van der Waals surface area contributed by atoms with E-state index in [0.717, 1.165) is 25.7 Å². The van der Waals surface area contributed by atoms with Crippen LogP contribution in [-0.4, -0.2) is 47.8 Å². The highest BCUT2D eigenvalue weighted by Crippen LogP contribution is 2.15. The van der Waals surface area contributed by atoms with Crippen LogP contribution in [0.1, 0.15) is 62.5 Å². The third-order valence-electron chi connectivity index (χ3n) is 5.19. The largest absolute Gasteiger partial charge is 0.370 e. The van der Waals surface area contributed by atoms with Gasteiger partial charge in [-0.25, -0.2) is 4.79 Å². The number of guanidine groups is 1. The Balaban J connectivity index is 1.58. The molecule has 1 aromatic carbocycles. The van der Waals surface area contributed by atoms with Crippen LogP contribution >= 0.6 is 0 Å². The molecule has 0 saturated carbocycles. The zero-order chi connectivity index (χ0) is 24.1. The lowest BCUT2D eigenvalue weighted by molar-refractivity contribution is -0.197. The van der Waals surface area contributed by atoms with Crippen LogP contribution in [0.3, 0.4) is 0 Å². The average Bonchev–Trinajstić information content (AvgIpc) is 3.08. The molecule has 1 aromatic rings. The van der Waals surface area contributed by atoms with Gasteiger partial charge >= 0.3 is 5.97 Å². The molecule has 1 aliphatic heterocycles. The maximum Gasteiger partial charge on any atom is 0.333 e. The average molecular weight is 460 g/mol. The zero-order valence-electron chi connectivity index (χ0n) is 18.9. The lowest BCUT2D eigenvalue weighted by atomic mass is 10.0. The summed E-state index contributed by atoms with van der Waals surface area (Å²) in [6, 6.07) is 8.20. The van der Waals surface area contributed by atoms with Gasteiger partial charge in [0.1, 0.15) is 5.78 Å². The number of nitrogens with two attached hydrogens (primary N) is 1. The number of ketones is 1. The van der Waals surface area contributed by atoms with Gasteiger partial charge in [-0.05, 0) is 43.2 Å². The number of imide groups is 1. The van der Waals surface area contributed by atoms with Gasteiger partial charge < -0.3 is 15.9 Å². The molecular formula is C23H33N5O5. The Morgan fingerprint density at radius 3 is 2.33 bits per heavy atom. The Morgan fingerprint density at radius 2 is 1.67 bits per heavy atom. The molecule has 10 nitrogen and oxygen atoms in total. The van der Waals surface area contributed by atoms with Crippen LogP contribution in [0.5, 0.6) is 0 Å². The third kappa shape index (κ3) is 10.3. The van der Waals surface area contributed by atoms with E-state index in [1.807, 2.05) is 18.2 Å². The normalized spacial score (nSPS) is 13.3. The molecule has 0 aliphatic carbocycles. The summed E-state index contributed by atoms with van der Waals surface area (Å²) in [6.45, 7) is 0.918. The maximum atomic E-state index is 12.0. The van der Waals surface area contributed by atoms with Gasteiger partial charge in [0.05, 0.1) is 6.67 Å². The van der Waals surface area contributed by atoms with Crippen LogP contribution in [-0.2, 0) is 36.9 Å². The van der Waals surface area contributed by atoms with Crippen LogP contribution in [0.4, 0.5) is 0 Å². The van der Waals surface area contributed by atoms with Crippen molar-refractivity contribution in [1.29, 1.82) is 5.41 Å². The SMILES string of the molecule is N=C(N)NCNCCC(=O)CCCc1cccc(CCCCC(=O)ON2C(=O)CCC2=O)c1. The number of rotatable bonds is 15. The number of hydrogen-bond donors (Lipinski definition) is 4. The summed E-state index contributed by atoms with van der Waals surface area (Å²) < 4.78 is 0. The van der Waals surface area contributed by atoms with Gasteiger partial charge in [-0.15, -0.1) is 5.06 Å². The second-order valence-corrected chi connectivity index (χ2v) is 7.98. The van der Waals surface area contributed by atoms with Crippen molar-refractivity contribution in [1.82, 2.24) is 15.7 Å². The molecule has 1 heterocycles. The summed E-state index contributed by atoms with van der Waals surface area (Å²) in [5, 5.41) is 13.2. The minimum Gasteiger partial charge on any atom is -0.370 e. The number of unbranched alkanes of at least 4 members (excludes halogenated alkanes) is 1. The minimum absolute atomic E-state index is 0.0910. The first kappa shape index (κ1) is 26.0. The Morgan fingerprint density at radius 1 is 1.00 bits per heavy atom. The highest BCUT2D eigenvalue weighted by atomic mass is 16.7. The van der Waals surface area contributed by atoms with Crippen molar-refractivity contribution in [3.8, 4) is 0 Å². The predicted octanol–water partition coefficient (Wildman–Crippen LogP) is 1.32. The summed E-state index contributed by atoms with van der Waals surface area (Å²) in [4.78, 5) is 51.6. The Kier molecular flexibility index (Phi) is 11.0. The van der Waals surface area contributed by atoms with Crippen LogP contribution in [0.25, 0.3) is 0 Å². The third-order valence-corrected chi connectivity index (χ3v) is 5.19. The molecule has 1 aliphatic rings. The molecule has 0 bridgehead atoms. The molecule has 0 radical (unpaired) electrons. The summed E-state index contributed by atoms with van der Waals surface area (Å²) in [6.07, 6.45) is 5.10. The fourth-order valence-corrected chi connectivity index (χ4v) is 3.43. The van der Waals surface area contributed by atoms with E-state index in [1.54, 1.807) is 0 Å². The van der Waals surface area contributed by atoms with Gasteiger partial charge in [0.2, 0.25) is 0 Å². The molecule has 0 spiro atoms. The van der Waals surface area contributed by atoms with E-state index in [4.69, 9.17) is 16.0 Å². The second kappa shape index (κ2) is 14.0. The van der Waals surface area contributed by atoms with Gasteiger partial charge in [-0.2, -0.15) is 0 Å². The molecule has 180 valence electrons. The number of amides is 2. The van der Waals surface area contributed by atoms with E-state index >= 15 is 0 Å². The molecular weight excluding hydrogens is 426 g/mol. The fraction of sp³-hybridized carbons (Fsp3) is 0.522. The number of hydrogen-bond acceptors (Lipinski definition) is 7. The number of carbonyl (C=O) groups excluding carboxylic acids is 4. The fourth-order valence-electron chi connectivity index (χ4n) is 3.43. The first-order valence-corrected chi connectivity index (χ1v) is 11.3. The molecule has 5 N–H and O–H groups in total. The number of Topliss-reactive ketones (excluding diaryl/α,β-unsaturated/α-hetero) is 1. The first-order chi connectivity index (χ1) is 15.8. The molecule has 1 fully saturated rings. The molecule has 10 heteroatoms. The molecule has 0 aromatic heterocycles. The smallest absolute Gasteiger partial charge is 0.333 e. The minimum atomic E-state index is -0.567. The lowest BCUT2D eigenvalue weighted by Gasteiger charge is -2.12.